The number of ether oxygens (including phenoxy) is 1. The molecule has 0 saturated carbocycles. The van der Waals surface area contributed by atoms with E-state index in [4.69, 9.17) is 4.74 Å². The molecule has 2 aliphatic rings. The Kier molecular flexibility index (Phi) is 10.2. The van der Waals surface area contributed by atoms with Gasteiger partial charge in [0.05, 0.1) is 12.1 Å². The van der Waals surface area contributed by atoms with Crippen LogP contribution >= 0.6 is 15.9 Å². The third kappa shape index (κ3) is 7.44. The van der Waals surface area contributed by atoms with Gasteiger partial charge in [0.25, 0.3) is 0 Å². The number of carbonyl (C=O) groups is 2. The largest absolute Gasteiger partial charge is 0.463 e. The van der Waals surface area contributed by atoms with Crippen LogP contribution in [0.15, 0.2) is 24.3 Å². The van der Waals surface area contributed by atoms with Crippen molar-refractivity contribution in [3.05, 3.63) is 24.3 Å². The number of nitrogens with zero attached hydrogens (tertiary/aromatic N) is 1. The molecule has 0 aromatic heterocycles. The Morgan fingerprint density at radius 2 is 1.63 bits per heavy atom. The van der Waals surface area contributed by atoms with E-state index in [-0.39, 0.29) is 24.0 Å². The van der Waals surface area contributed by atoms with Crippen molar-refractivity contribution in [3.63, 3.8) is 0 Å². The quantitative estimate of drug-likeness (QED) is 0.239. The van der Waals surface area contributed by atoms with E-state index in [1.165, 1.54) is 38.5 Å². The molecular weight excluding hydrogens is 406 g/mol. The molecule has 1 amide bonds. The smallest absolute Gasteiger partial charge is 0.305 e. The van der Waals surface area contributed by atoms with Crippen molar-refractivity contribution in [2.45, 2.75) is 83.2 Å². The minimum Gasteiger partial charge on any atom is -0.463 e. The van der Waals surface area contributed by atoms with E-state index in [1.807, 2.05) is 17.1 Å². The Bertz CT molecular complexity index is 532. The van der Waals surface area contributed by atoms with Crippen LogP contribution in [0.25, 0.3) is 0 Å². The van der Waals surface area contributed by atoms with Crippen LogP contribution in [0.4, 0.5) is 0 Å². The zero-order valence-electron chi connectivity index (χ0n) is 16.6. The van der Waals surface area contributed by atoms with Crippen LogP contribution in [-0.4, -0.2) is 40.8 Å². The summed E-state index contributed by atoms with van der Waals surface area (Å²) in [6.45, 7) is 1.92. The maximum atomic E-state index is 12.0. The predicted molar refractivity (Wildman–Crippen MR) is 113 cm³/mol. The molecule has 0 spiro atoms. The number of carbonyl (C=O) groups excluding carboxylic acids is 2. The first-order valence-electron chi connectivity index (χ1n) is 10.5. The van der Waals surface area contributed by atoms with Gasteiger partial charge in [0.2, 0.25) is 5.91 Å². The third-order valence-electron chi connectivity index (χ3n) is 5.54. The number of amides is 1. The van der Waals surface area contributed by atoms with Crippen LogP contribution in [-0.2, 0) is 14.3 Å². The van der Waals surface area contributed by atoms with Gasteiger partial charge in [0.15, 0.2) is 0 Å². The van der Waals surface area contributed by atoms with Gasteiger partial charge in [0, 0.05) is 24.6 Å². The second kappa shape index (κ2) is 12.4. The summed E-state index contributed by atoms with van der Waals surface area (Å²) >= 11 is 3.46. The Balaban J connectivity index is 1.58. The van der Waals surface area contributed by atoms with Gasteiger partial charge in [0.1, 0.15) is 6.61 Å². The summed E-state index contributed by atoms with van der Waals surface area (Å²) in [7, 11) is 0. The summed E-state index contributed by atoms with van der Waals surface area (Å²) in [5, 5.41) is 1.11. The average Bonchev–Trinajstić information content (AvgIpc) is 3.03. The SMILES string of the molecule is CC(=O)N1C(COC(=O)CCCCCCCCCCBr)CC2C=CC=CC21. The Labute approximate surface area is 172 Å². The normalized spacial score (nSPS) is 23.5. The highest BCUT2D eigenvalue weighted by Gasteiger charge is 2.41. The summed E-state index contributed by atoms with van der Waals surface area (Å²) < 4.78 is 5.50. The Morgan fingerprint density at radius 3 is 2.30 bits per heavy atom. The van der Waals surface area contributed by atoms with Crippen molar-refractivity contribution in [2.75, 3.05) is 11.9 Å². The van der Waals surface area contributed by atoms with Gasteiger partial charge in [-0.25, -0.2) is 0 Å². The lowest BCUT2D eigenvalue weighted by molar-refractivity contribution is -0.147. The number of unbranched alkanes of at least 4 members (excludes halogenated alkanes) is 7. The first kappa shape index (κ1) is 22.2. The van der Waals surface area contributed by atoms with Crippen molar-refractivity contribution >= 4 is 27.8 Å². The number of alkyl halides is 1. The lowest BCUT2D eigenvalue weighted by Gasteiger charge is -2.29. The van der Waals surface area contributed by atoms with E-state index < -0.39 is 0 Å². The molecule has 1 fully saturated rings. The fraction of sp³-hybridized carbons (Fsp3) is 0.727. The van der Waals surface area contributed by atoms with E-state index in [1.54, 1.807) is 6.92 Å². The molecule has 2 rings (SSSR count). The van der Waals surface area contributed by atoms with Crippen LogP contribution in [0.1, 0.15) is 71.1 Å². The molecule has 0 bridgehead atoms. The average molecular weight is 440 g/mol. The van der Waals surface area contributed by atoms with E-state index in [0.717, 1.165) is 24.6 Å². The lowest BCUT2D eigenvalue weighted by atomic mass is 9.95. The Morgan fingerprint density at radius 1 is 1.00 bits per heavy atom. The highest BCUT2D eigenvalue weighted by molar-refractivity contribution is 9.09. The number of hydrogen-bond acceptors (Lipinski definition) is 3. The molecule has 1 aliphatic carbocycles. The van der Waals surface area contributed by atoms with Crippen molar-refractivity contribution in [1.82, 2.24) is 4.90 Å². The molecule has 5 heteroatoms. The molecule has 0 aromatic rings. The predicted octanol–water partition coefficient (Wildman–Crippen LogP) is 5.17. The second-order valence-electron chi connectivity index (χ2n) is 7.69. The summed E-state index contributed by atoms with van der Waals surface area (Å²) in [5.41, 5.74) is 0. The third-order valence-corrected chi connectivity index (χ3v) is 6.10. The fourth-order valence-electron chi connectivity index (χ4n) is 4.13. The molecule has 3 atom stereocenters. The molecule has 1 heterocycles. The van der Waals surface area contributed by atoms with Gasteiger partial charge in [-0.3, -0.25) is 9.59 Å². The van der Waals surface area contributed by atoms with Crippen molar-refractivity contribution in [3.8, 4) is 0 Å². The molecule has 4 nitrogen and oxygen atoms in total. The van der Waals surface area contributed by atoms with Gasteiger partial charge in [-0.1, -0.05) is 78.8 Å². The van der Waals surface area contributed by atoms with Crippen molar-refractivity contribution < 1.29 is 14.3 Å². The molecular formula is C22H34BrNO3. The molecule has 0 N–H and O–H groups in total. The lowest BCUT2D eigenvalue weighted by Crippen LogP contribution is -2.42. The van der Waals surface area contributed by atoms with Gasteiger partial charge in [-0.05, 0) is 19.3 Å². The highest BCUT2D eigenvalue weighted by Crippen LogP contribution is 2.34. The van der Waals surface area contributed by atoms with Gasteiger partial charge in [-0.15, -0.1) is 0 Å². The highest BCUT2D eigenvalue weighted by atomic mass is 79.9. The molecule has 1 aliphatic heterocycles. The second-order valence-corrected chi connectivity index (χ2v) is 8.48. The molecule has 1 saturated heterocycles. The molecule has 0 aromatic carbocycles. The minimum absolute atomic E-state index is 0.00614. The standard InChI is InChI=1S/C22H34BrNO3/c1-18(25)24-20(16-19-12-9-10-13-21(19)24)17-27-22(26)14-8-6-4-2-3-5-7-11-15-23/h9-10,12-13,19-21H,2-8,11,14-17H2,1H3. The van der Waals surface area contributed by atoms with Crippen LogP contribution < -0.4 is 0 Å². The van der Waals surface area contributed by atoms with E-state index in [9.17, 15) is 9.59 Å². The number of likely N-dealkylation sites (tertiary alicyclic amines) is 1. The summed E-state index contributed by atoms with van der Waals surface area (Å²) in [4.78, 5) is 26.0. The maximum absolute atomic E-state index is 12.0. The number of rotatable bonds is 12. The summed E-state index contributed by atoms with van der Waals surface area (Å²) in [6, 6.07) is 0.110. The van der Waals surface area contributed by atoms with Crippen LogP contribution in [0, 0.1) is 5.92 Å². The van der Waals surface area contributed by atoms with Gasteiger partial charge in [-0.2, -0.15) is 0 Å². The monoisotopic (exact) mass is 439 g/mol. The number of hydrogen-bond donors (Lipinski definition) is 0. The molecule has 152 valence electrons. The number of esters is 1. The van der Waals surface area contributed by atoms with Crippen LogP contribution in [0.5, 0.6) is 0 Å². The fourth-order valence-corrected chi connectivity index (χ4v) is 4.53. The molecule has 0 radical (unpaired) electrons. The maximum Gasteiger partial charge on any atom is 0.305 e. The Hall–Kier alpha value is -1.10. The first-order valence-corrected chi connectivity index (χ1v) is 11.6. The summed E-state index contributed by atoms with van der Waals surface area (Å²) in [5.74, 6) is 0.272. The van der Waals surface area contributed by atoms with Crippen molar-refractivity contribution in [2.24, 2.45) is 5.92 Å². The topological polar surface area (TPSA) is 46.6 Å². The number of allylic oxidation sites excluding steroid dienone is 2. The molecule has 27 heavy (non-hydrogen) atoms. The zero-order valence-corrected chi connectivity index (χ0v) is 18.2. The number of halogens is 1. The molecule has 3 unspecified atom stereocenters. The number of fused-ring (bicyclic) bond motifs is 1. The van der Waals surface area contributed by atoms with E-state index in [0.29, 0.717) is 18.9 Å². The van der Waals surface area contributed by atoms with Crippen LogP contribution in [0.2, 0.25) is 0 Å². The van der Waals surface area contributed by atoms with Gasteiger partial charge >= 0.3 is 5.97 Å². The van der Waals surface area contributed by atoms with E-state index in [2.05, 4.69) is 28.1 Å². The zero-order chi connectivity index (χ0) is 19.5. The van der Waals surface area contributed by atoms with Crippen molar-refractivity contribution in [1.29, 1.82) is 0 Å². The first-order chi connectivity index (χ1) is 13.1. The van der Waals surface area contributed by atoms with Gasteiger partial charge < -0.3 is 9.64 Å². The van der Waals surface area contributed by atoms with Crippen LogP contribution in [0.3, 0.4) is 0 Å². The minimum atomic E-state index is -0.128. The summed E-state index contributed by atoms with van der Waals surface area (Å²) in [6.07, 6.45) is 19.3. The van der Waals surface area contributed by atoms with E-state index >= 15 is 0 Å².